The first kappa shape index (κ1) is 14.8. The topological polar surface area (TPSA) is 35.2 Å². The van der Waals surface area contributed by atoms with Gasteiger partial charge in [0.05, 0.1) is 12.2 Å². The van der Waals surface area contributed by atoms with E-state index in [2.05, 4.69) is 52.3 Å². The molecule has 2 unspecified atom stereocenters. The van der Waals surface area contributed by atoms with Gasteiger partial charge in [0, 0.05) is 11.0 Å². The lowest BCUT2D eigenvalue weighted by molar-refractivity contribution is -0.0191. The molecule has 1 aliphatic rings. The monoisotopic (exact) mass is 345 g/mol. The third-order valence-electron chi connectivity index (χ3n) is 4.10. The van der Waals surface area contributed by atoms with Gasteiger partial charge in [0.25, 0.3) is 0 Å². The van der Waals surface area contributed by atoms with Crippen LogP contribution in [-0.2, 0) is 11.2 Å². The molecular formula is C18H20BrNO. The SMILES string of the molecule is NCC(OC1CCCc2ccccc21)c1ccc(Br)cc1. The first-order chi connectivity index (χ1) is 10.3. The molecule has 3 rings (SSSR count). The highest BCUT2D eigenvalue weighted by Gasteiger charge is 2.23. The summed E-state index contributed by atoms with van der Waals surface area (Å²) in [6, 6.07) is 16.8. The summed E-state index contributed by atoms with van der Waals surface area (Å²) >= 11 is 3.46. The van der Waals surface area contributed by atoms with Crippen molar-refractivity contribution in [1.29, 1.82) is 0 Å². The highest BCUT2D eigenvalue weighted by atomic mass is 79.9. The van der Waals surface area contributed by atoms with E-state index < -0.39 is 0 Å². The van der Waals surface area contributed by atoms with Crippen molar-refractivity contribution in [1.82, 2.24) is 0 Å². The van der Waals surface area contributed by atoms with Crippen molar-refractivity contribution < 1.29 is 4.74 Å². The first-order valence-electron chi connectivity index (χ1n) is 7.46. The van der Waals surface area contributed by atoms with Crippen molar-refractivity contribution in [3.63, 3.8) is 0 Å². The second kappa shape index (κ2) is 6.73. The predicted octanol–water partition coefficient (Wildman–Crippen LogP) is 4.54. The lowest BCUT2D eigenvalue weighted by Crippen LogP contribution is -2.21. The molecule has 2 aromatic rings. The average molecular weight is 346 g/mol. The van der Waals surface area contributed by atoms with Gasteiger partial charge in [-0.05, 0) is 48.1 Å². The van der Waals surface area contributed by atoms with E-state index in [1.807, 2.05) is 12.1 Å². The zero-order chi connectivity index (χ0) is 14.7. The second-order valence-electron chi connectivity index (χ2n) is 5.49. The van der Waals surface area contributed by atoms with Crippen LogP contribution in [0.2, 0.25) is 0 Å². The summed E-state index contributed by atoms with van der Waals surface area (Å²) < 4.78 is 7.43. The van der Waals surface area contributed by atoms with Crippen LogP contribution in [0.3, 0.4) is 0 Å². The lowest BCUT2D eigenvalue weighted by atomic mass is 9.89. The number of nitrogens with two attached hydrogens (primary N) is 1. The fraction of sp³-hybridized carbons (Fsp3) is 0.333. The van der Waals surface area contributed by atoms with E-state index in [0.29, 0.717) is 6.54 Å². The smallest absolute Gasteiger partial charge is 0.0955 e. The molecule has 0 bridgehead atoms. The molecule has 3 heteroatoms. The summed E-state index contributed by atoms with van der Waals surface area (Å²) in [5.41, 5.74) is 9.84. The molecule has 2 N–H and O–H groups in total. The van der Waals surface area contributed by atoms with Crippen LogP contribution >= 0.6 is 15.9 Å². The Morgan fingerprint density at radius 1 is 1.14 bits per heavy atom. The summed E-state index contributed by atoms with van der Waals surface area (Å²) in [5, 5.41) is 0. The van der Waals surface area contributed by atoms with Crippen molar-refractivity contribution in [2.75, 3.05) is 6.54 Å². The van der Waals surface area contributed by atoms with E-state index in [-0.39, 0.29) is 12.2 Å². The van der Waals surface area contributed by atoms with E-state index in [0.717, 1.165) is 22.9 Å². The molecule has 0 radical (unpaired) electrons. The van der Waals surface area contributed by atoms with Gasteiger partial charge in [-0.15, -0.1) is 0 Å². The third-order valence-corrected chi connectivity index (χ3v) is 4.63. The van der Waals surface area contributed by atoms with Gasteiger partial charge in [0.2, 0.25) is 0 Å². The fourth-order valence-corrected chi connectivity index (χ4v) is 3.26. The van der Waals surface area contributed by atoms with E-state index in [9.17, 15) is 0 Å². The molecule has 0 aliphatic heterocycles. The van der Waals surface area contributed by atoms with Crippen molar-refractivity contribution in [2.45, 2.75) is 31.5 Å². The molecule has 0 aromatic heterocycles. The minimum atomic E-state index is -0.0470. The van der Waals surface area contributed by atoms with Gasteiger partial charge in [-0.1, -0.05) is 52.3 Å². The van der Waals surface area contributed by atoms with Gasteiger partial charge in [-0.2, -0.15) is 0 Å². The summed E-state index contributed by atoms with van der Waals surface area (Å²) in [4.78, 5) is 0. The highest BCUT2D eigenvalue weighted by Crippen LogP contribution is 2.36. The van der Waals surface area contributed by atoms with Gasteiger partial charge in [-0.3, -0.25) is 0 Å². The number of hydrogen-bond donors (Lipinski definition) is 1. The van der Waals surface area contributed by atoms with Gasteiger partial charge in [-0.25, -0.2) is 0 Å². The van der Waals surface area contributed by atoms with Crippen LogP contribution in [0.15, 0.2) is 53.0 Å². The largest absolute Gasteiger partial charge is 0.364 e. The van der Waals surface area contributed by atoms with Crippen molar-refractivity contribution in [3.05, 3.63) is 69.7 Å². The normalized spacial score (nSPS) is 19.0. The minimum Gasteiger partial charge on any atom is -0.364 e. The molecule has 0 fully saturated rings. The summed E-state index contributed by atoms with van der Waals surface area (Å²) in [5.74, 6) is 0. The van der Waals surface area contributed by atoms with Crippen LogP contribution in [0.1, 0.15) is 41.7 Å². The Labute approximate surface area is 134 Å². The molecule has 0 saturated carbocycles. The zero-order valence-corrected chi connectivity index (χ0v) is 13.6. The molecule has 0 amide bonds. The Kier molecular flexibility index (Phi) is 4.73. The number of rotatable bonds is 4. The van der Waals surface area contributed by atoms with Crippen LogP contribution in [0.4, 0.5) is 0 Å². The van der Waals surface area contributed by atoms with E-state index in [4.69, 9.17) is 10.5 Å². The molecule has 0 heterocycles. The standard InChI is InChI=1S/C18H20BrNO/c19-15-10-8-14(9-11-15)18(12-20)21-17-7-3-5-13-4-1-2-6-16(13)17/h1-2,4,6,8-11,17-18H,3,5,7,12,20H2. The molecule has 2 atom stereocenters. The Bertz CT molecular complexity index is 596. The van der Waals surface area contributed by atoms with E-state index in [1.54, 1.807) is 0 Å². The molecular weight excluding hydrogens is 326 g/mol. The Morgan fingerprint density at radius 3 is 2.67 bits per heavy atom. The maximum absolute atomic E-state index is 6.35. The average Bonchev–Trinajstić information content (AvgIpc) is 2.54. The van der Waals surface area contributed by atoms with Gasteiger partial charge in [0.15, 0.2) is 0 Å². The lowest BCUT2D eigenvalue weighted by Gasteiger charge is -2.29. The highest BCUT2D eigenvalue weighted by molar-refractivity contribution is 9.10. The summed E-state index contributed by atoms with van der Waals surface area (Å²) in [6.07, 6.45) is 3.52. The van der Waals surface area contributed by atoms with E-state index in [1.165, 1.54) is 17.5 Å². The van der Waals surface area contributed by atoms with Crippen molar-refractivity contribution >= 4 is 15.9 Å². The van der Waals surface area contributed by atoms with Crippen LogP contribution in [0, 0.1) is 0 Å². The maximum Gasteiger partial charge on any atom is 0.0955 e. The van der Waals surface area contributed by atoms with Crippen molar-refractivity contribution in [2.24, 2.45) is 5.73 Å². The quantitative estimate of drug-likeness (QED) is 0.882. The molecule has 2 aromatic carbocycles. The summed E-state index contributed by atoms with van der Waals surface area (Å²) in [6.45, 7) is 0.500. The molecule has 0 saturated heterocycles. The minimum absolute atomic E-state index is 0.0470. The molecule has 21 heavy (non-hydrogen) atoms. The number of hydrogen-bond acceptors (Lipinski definition) is 2. The number of ether oxygens (including phenoxy) is 1. The van der Waals surface area contributed by atoms with Crippen LogP contribution in [0.5, 0.6) is 0 Å². The maximum atomic E-state index is 6.35. The second-order valence-corrected chi connectivity index (χ2v) is 6.41. The van der Waals surface area contributed by atoms with E-state index >= 15 is 0 Å². The Balaban J connectivity index is 1.80. The van der Waals surface area contributed by atoms with Crippen LogP contribution < -0.4 is 5.73 Å². The first-order valence-corrected chi connectivity index (χ1v) is 8.26. The van der Waals surface area contributed by atoms with Crippen molar-refractivity contribution in [3.8, 4) is 0 Å². The third kappa shape index (κ3) is 3.37. The predicted molar refractivity (Wildman–Crippen MR) is 89.1 cm³/mol. The Hall–Kier alpha value is -1.16. The summed E-state index contributed by atoms with van der Waals surface area (Å²) in [7, 11) is 0. The number of aryl methyl sites for hydroxylation is 1. The van der Waals surface area contributed by atoms with Crippen LogP contribution in [0.25, 0.3) is 0 Å². The fourth-order valence-electron chi connectivity index (χ4n) is 3.00. The molecule has 2 nitrogen and oxygen atoms in total. The number of halogens is 1. The van der Waals surface area contributed by atoms with Gasteiger partial charge in [0.1, 0.15) is 0 Å². The molecule has 110 valence electrons. The Morgan fingerprint density at radius 2 is 1.90 bits per heavy atom. The van der Waals surface area contributed by atoms with Gasteiger partial charge < -0.3 is 10.5 Å². The van der Waals surface area contributed by atoms with Crippen LogP contribution in [-0.4, -0.2) is 6.54 Å². The zero-order valence-electron chi connectivity index (χ0n) is 12.0. The number of benzene rings is 2. The van der Waals surface area contributed by atoms with Gasteiger partial charge >= 0.3 is 0 Å². The molecule has 1 aliphatic carbocycles. The molecule has 0 spiro atoms. The number of fused-ring (bicyclic) bond motifs is 1.